The Bertz CT molecular complexity index is 1250. The largest absolute Gasteiger partial charge is 0.396 e. The minimum atomic E-state index is -0.188. The van der Waals surface area contributed by atoms with Crippen LogP contribution >= 0.6 is 22.9 Å². The summed E-state index contributed by atoms with van der Waals surface area (Å²) in [4.78, 5) is 39.9. The van der Waals surface area contributed by atoms with Gasteiger partial charge in [-0.25, -0.2) is 0 Å². The number of aliphatic hydroxyl groups excluding tert-OH is 1. The molecule has 9 heteroatoms. The van der Waals surface area contributed by atoms with Gasteiger partial charge in [0, 0.05) is 55.9 Å². The minimum absolute atomic E-state index is 0.00248. The number of hydrogen-bond donors (Lipinski definition) is 2. The highest BCUT2D eigenvalue weighted by atomic mass is 35.5. The Morgan fingerprint density at radius 2 is 2.06 bits per heavy atom. The summed E-state index contributed by atoms with van der Waals surface area (Å²) in [5, 5.41) is 12.1. The van der Waals surface area contributed by atoms with Crippen LogP contribution in [0.15, 0.2) is 53.5 Å². The third-order valence-electron chi connectivity index (χ3n) is 5.71. The Hall–Kier alpha value is -2.94. The molecule has 1 aliphatic rings. The van der Waals surface area contributed by atoms with E-state index in [0.717, 1.165) is 16.9 Å². The number of thiophene rings is 1. The molecule has 4 rings (SSSR count). The topological polar surface area (TPSA) is 91.6 Å². The quantitative estimate of drug-likeness (QED) is 0.537. The molecule has 172 valence electrons. The summed E-state index contributed by atoms with van der Waals surface area (Å²) in [6.07, 6.45) is 2.36. The predicted molar refractivity (Wildman–Crippen MR) is 130 cm³/mol. The molecule has 2 amide bonds. The molecule has 7 nitrogen and oxygen atoms in total. The number of rotatable bonds is 7. The van der Waals surface area contributed by atoms with E-state index >= 15 is 0 Å². The molecule has 1 atom stereocenters. The first-order valence-electron chi connectivity index (χ1n) is 10.6. The van der Waals surface area contributed by atoms with Crippen LogP contribution in [0, 0.1) is 12.8 Å². The normalized spacial score (nSPS) is 15.8. The minimum Gasteiger partial charge on any atom is -0.396 e. The summed E-state index contributed by atoms with van der Waals surface area (Å²) >= 11 is 7.11. The average Bonchev–Trinajstić information content (AvgIpc) is 3.39. The van der Waals surface area contributed by atoms with Crippen molar-refractivity contribution in [1.29, 1.82) is 0 Å². The van der Waals surface area contributed by atoms with Gasteiger partial charge in [-0.1, -0.05) is 17.7 Å². The second-order valence-electron chi connectivity index (χ2n) is 8.04. The van der Waals surface area contributed by atoms with E-state index in [9.17, 15) is 19.5 Å². The van der Waals surface area contributed by atoms with Crippen molar-refractivity contribution in [2.45, 2.75) is 19.8 Å². The summed E-state index contributed by atoms with van der Waals surface area (Å²) in [5.41, 5.74) is 2.73. The van der Waals surface area contributed by atoms with E-state index in [1.54, 1.807) is 39.9 Å². The lowest BCUT2D eigenvalue weighted by Gasteiger charge is -2.19. The number of pyridine rings is 1. The van der Waals surface area contributed by atoms with Gasteiger partial charge < -0.3 is 15.3 Å². The number of aromatic nitrogens is 1. The number of benzene rings is 1. The number of halogens is 1. The smallest absolute Gasteiger partial charge is 0.261 e. The molecule has 2 N–H and O–H groups in total. The molecule has 0 saturated carbocycles. The van der Waals surface area contributed by atoms with E-state index in [2.05, 4.69) is 5.32 Å². The molecule has 2 aromatic heterocycles. The lowest BCUT2D eigenvalue weighted by Crippen LogP contribution is -2.31. The number of aliphatic hydroxyl groups is 1. The molecule has 1 aliphatic heterocycles. The fourth-order valence-electron chi connectivity index (χ4n) is 4.05. The van der Waals surface area contributed by atoms with Gasteiger partial charge in [-0.15, -0.1) is 11.3 Å². The Morgan fingerprint density at radius 3 is 2.76 bits per heavy atom. The van der Waals surface area contributed by atoms with Gasteiger partial charge in [0.15, 0.2) is 0 Å². The molecule has 3 aromatic rings. The molecule has 3 heterocycles. The van der Waals surface area contributed by atoms with Crippen molar-refractivity contribution in [1.82, 2.24) is 9.88 Å². The first kappa shape index (κ1) is 23.2. The number of aryl methyl sites for hydroxylation is 1. The third-order valence-corrected chi connectivity index (χ3v) is 6.94. The number of hydrogen-bond acceptors (Lipinski definition) is 5. The molecule has 0 spiro atoms. The maximum absolute atomic E-state index is 12.7. The van der Waals surface area contributed by atoms with E-state index in [1.165, 1.54) is 11.3 Å². The standard InChI is InChI=1S/C24H24ClN3O4S/c1-15-11-18(4-5-19(15)27-9-2-3-17(8-10-29)24(27)32)28-14-16(12-22(28)30)13-26-23(31)20-6-7-21(25)33-20/h2-7,9,11,16,29H,8,10,12-14H2,1H3,(H,26,31)/t16-/m0/s1. The highest BCUT2D eigenvalue weighted by molar-refractivity contribution is 7.18. The fourth-order valence-corrected chi connectivity index (χ4v) is 5.00. The van der Waals surface area contributed by atoms with Crippen molar-refractivity contribution in [3.05, 3.63) is 79.4 Å². The monoisotopic (exact) mass is 485 g/mol. The van der Waals surface area contributed by atoms with Gasteiger partial charge in [0.1, 0.15) is 0 Å². The number of nitrogens with one attached hydrogen (secondary N) is 1. The third kappa shape index (κ3) is 5.03. The SMILES string of the molecule is Cc1cc(N2C[C@H](CNC(=O)c3ccc(Cl)s3)CC2=O)ccc1-n1cccc(CCO)c1=O. The van der Waals surface area contributed by atoms with Gasteiger partial charge in [-0.3, -0.25) is 19.0 Å². The van der Waals surface area contributed by atoms with Crippen LogP contribution in [-0.2, 0) is 11.2 Å². The predicted octanol–water partition coefficient (Wildman–Crippen LogP) is 3.18. The number of nitrogens with zero attached hydrogens (tertiary/aromatic N) is 2. The Balaban J connectivity index is 1.46. The van der Waals surface area contributed by atoms with Gasteiger partial charge in [0.05, 0.1) is 14.9 Å². The highest BCUT2D eigenvalue weighted by Gasteiger charge is 2.31. The molecule has 1 saturated heterocycles. The average molecular weight is 486 g/mol. The van der Waals surface area contributed by atoms with Crippen molar-refractivity contribution in [3.63, 3.8) is 0 Å². The number of carbonyl (C=O) groups excluding carboxylic acids is 2. The van der Waals surface area contributed by atoms with E-state index < -0.39 is 0 Å². The van der Waals surface area contributed by atoms with Crippen LogP contribution in [0.25, 0.3) is 5.69 Å². The van der Waals surface area contributed by atoms with Crippen LogP contribution < -0.4 is 15.8 Å². The summed E-state index contributed by atoms with van der Waals surface area (Å²) < 4.78 is 2.12. The van der Waals surface area contributed by atoms with Gasteiger partial charge in [0.25, 0.3) is 11.5 Å². The van der Waals surface area contributed by atoms with Crippen LogP contribution in [0.5, 0.6) is 0 Å². The van der Waals surface area contributed by atoms with Crippen molar-refractivity contribution in [2.24, 2.45) is 5.92 Å². The van der Waals surface area contributed by atoms with Crippen LogP contribution in [-0.4, -0.2) is 41.2 Å². The van der Waals surface area contributed by atoms with Crippen molar-refractivity contribution >= 4 is 40.4 Å². The number of amides is 2. The molecule has 0 aliphatic carbocycles. The Morgan fingerprint density at radius 1 is 1.24 bits per heavy atom. The van der Waals surface area contributed by atoms with Gasteiger partial charge in [-0.05, 0) is 48.9 Å². The van der Waals surface area contributed by atoms with Crippen LogP contribution in [0.1, 0.15) is 27.2 Å². The van der Waals surface area contributed by atoms with E-state index in [4.69, 9.17) is 11.6 Å². The van der Waals surface area contributed by atoms with E-state index in [0.29, 0.717) is 40.7 Å². The lowest BCUT2D eigenvalue weighted by atomic mass is 10.1. The van der Waals surface area contributed by atoms with E-state index in [1.807, 2.05) is 25.1 Å². The number of carbonyl (C=O) groups is 2. The zero-order valence-electron chi connectivity index (χ0n) is 18.1. The Labute approximate surface area is 200 Å². The number of anilines is 1. The van der Waals surface area contributed by atoms with Crippen molar-refractivity contribution in [3.8, 4) is 5.69 Å². The van der Waals surface area contributed by atoms with Crippen LogP contribution in [0.2, 0.25) is 4.34 Å². The first-order valence-corrected chi connectivity index (χ1v) is 11.8. The highest BCUT2D eigenvalue weighted by Crippen LogP contribution is 2.28. The maximum atomic E-state index is 12.7. The molecular weight excluding hydrogens is 462 g/mol. The summed E-state index contributed by atoms with van der Waals surface area (Å²) in [6, 6.07) is 12.4. The summed E-state index contributed by atoms with van der Waals surface area (Å²) in [7, 11) is 0. The van der Waals surface area contributed by atoms with Gasteiger partial charge >= 0.3 is 0 Å². The zero-order valence-corrected chi connectivity index (χ0v) is 19.7. The van der Waals surface area contributed by atoms with Gasteiger partial charge in [0.2, 0.25) is 5.91 Å². The molecule has 0 bridgehead atoms. The zero-order chi connectivity index (χ0) is 23.5. The second-order valence-corrected chi connectivity index (χ2v) is 9.76. The summed E-state index contributed by atoms with van der Waals surface area (Å²) in [6.45, 7) is 2.72. The molecule has 0 radical (unpaired) electrons. The molecule has 33 heavy (non-hydrogen) atoms. The Kier molecular flexibility index (Phi) is 6.97. The first-order chi connectivity index (χ1) is 15.9. The van der Waals surface area contributed by atoms with Crippen LogP contribution in [0.4, 0.5) is 5.69 Å². The lowest BCUT2D eigenvalue weighted by molar-refractivity contribution is -0.117. The van der Waals surface area contributed by atoms with E-state index in [-0.39, 0.29) is 29.9 Å². The molecular formula is C24H24ClN3O4S. The maximum Gasteiger partial charge on any atom is 0.261 e. The van der Waals surface area contributed by atoms with Crippen LogP contribution in [0.3, 0.4) is 0 Å². The molecule has 1 fully saturated rings. The van der Waals surface area contributed by atoms with Crippen molar-refractivity contribution < 1.29 is 14.7 Å². The van der Waals surface area contributed by atoms with Crippen molar-refractivity contribution in [2.75, 3.05) is 24.6 Å². The molecule has 0 unspecified atom stereocenters. The second kappa shape index (κ2) is 9.91. The molecule has 1 aromatic carbocycles. The van der Waals surface area contributed by atoms with Gasteiger partial charge in [-0.2, -0.15) is 0 Å². The fraction of sp³-hybridized carbons (Fsp3) is 0.292. The summed E-state index contributed by atoms with van der Waals surface area (Å²) in [5.74, 6) is -0.177.